The van der Waals surface area contributed by atoms with E-state index in [-0.39, 0.29) is 5.97 Å². The van der Waals surface area contributed by atoms with Gasteiger partial charge in [0.1, 0.15) is 0 Å². The number of esters is 1. The monoisotopic (exact) mass is 276 g/mol. The number of benzene rings is 1. The van der Waals surface area contributed by atoms with Crippen molar-refractivity contribution in [2.24, 2.45) is 5.92 Å². The second-order valence-corrected chi connectivity index (χ2v) is 5.75. The van der Waals surface area contributed by atoms with Gasteiger partial charge in [-0.05, 0) is 43.4 Å². The highest BCUT2D eigenvalue weighted by atomic mass is 16.5. The number of ether oxygens (including phenoxy) is 1. The molecule has 3 N–H and O–H groups in total. The minimum absolute atomic E-state index is 0.388. The van der Waals surface area contributed by atoms with Crippen LogP contribution in [-0.4, -0.2) is 19.1 Å². The molecule has 0 amide bonds. The number of rotatable bonds is 3. The molecular weight excluding hydrogens is 252 g/mol. The molecule has 1 aliphatic carbocycles. The van der Waals surface area contributed by atoms with E-state index >= 15 is 0 Å². The Morgan fingerprint density at radius 2 is 2.10 bits per heavy atom. The van der Waals surface area contributed by atoms with Gasteiger partial charge >= 0.3 is 5.97 Å². The third kappa shape index (κ3) is 3.65. The van der Waals surface area contributed by atoms with Crippen LogP contribution in [0.4, 0.5) is 11.4 Å². The van der Waals surface area contributed by atoms with E-state index < -0.39 is 0 Å². The van der Waals surface area contributed by atoms with Gasteiger partial charge in [0, 0.05) is 17.4 Å². The third-order valence-corrected chi connectivity index (χ3v) is 4.09. The molecule has 0 aliphatic heterocycles. The Morgan fingerprint density at radius 3 is 2.85 bits per heavy atom. The topological polar surface area (TPSA) is 64.3 Å². The van der Waals surface area contributed by atoms with Gasteiger partial charge in [-0.3, -0.25) is 0 Å². The highest BCUT2D eigenvalue weighted by Gasteiger charge is 2.17. The Balaban J connectivity index is 2.07. The summed E-state index contributed by atoms with van der Waals surface area (Å²) in [5, 5.41) is 3.52. The lowest BCUT2D eigenvalue weighted by molar-refractivity contribution is 0.0602. The molecule has 0 radical (unpaired) electrons. The van der Waals surface area contributed by atoms with Crippen molar-refractivity contribution in [1.82, 2.24) is 0 Å². The highest BCUT2D eigenvalue weighted by Crippen LogP contribution is 2.26. The van der Waals surface area contributed by atoms with E-state index in [4.69, 9.17) is 10.5 Å². The fourth-order valence-electron chi connectivity index (χ4n) is 2.80. The molecule has 0 saturated heterocycles. The Morgan fingerprint density at radius 1 is 1.30 bits per heavy atom. The van der Waals surface area contributed by atoms with Crippen molar-refractivity contribution >= 4 is 17.3 Å². The molecule has 2 rings (SSSR count). The largest absolute Gasteiger partial charge is 0.465 e. The maximum absolute atomic E-state index is 11.6. The summed E-state index contributed by atoms with van der Waals surface area (Å²) in [5.74, 6) is 0.430. The van der Waals surface area contributed by atoms with Crippen LogP contribution in [0, 0.1) is 5.92 Å². The number of anilines is 2. The predicted molar refractivity (Wildman–Crippen MR) is 81.9 cm³/mol. The van der Waals surface area contributed by atoms with Gasteiger partial charge in [-0.1, -0.05) is 19.8 Å². The van der Waals surface area contributed by atoms with Crippen LogP contribution < -0.4 is 11.1 Å². The van der Waals surface area contributed by atoms with E-state index in [1.54, 1.807) is 12.1 Å². The van der Waals surface area contributed by atoms with Crippen LogP contribution in [0.1, 0.15) is 49.4 Å². The Kier molecular flexibility index (Phi) is 4.88. The first-order valence-corrected chi connectivity index (χ1v) is 7.34. The van der Waals surface area contributed by atoms with E-state index in [0.717, 1.165) is 11.6 Å². The minimum atomic E-state index is -0.388. The molecule has 1 aromatic carbocycles. The van der Waals surface area contributed by atoms with E-state index in [9.17, 15) is 4.79 Å². The number of carbonyl (C=O) groups is 1. The normalized spacial score (nSPS) is 22.9. The van der Waals surface area contributed by atoms with Crippen molar-refractivity contribution in [2.75, 3.05) is 18.2 Å². The quantitative estimate of drug-likeness (QED) is 0.504. The summed E-state index contributed by atoms with van der Waals surface area (Å²) >= 11 is 0. The van der Waals surface area contributed by atoms with Crippen LogP contribution in [0.2, 0.25) is 0 Å². The molecule has 1 aliphatic rings. The number of hydrogen-bond acceptors (Lipinski definition) is 4. The molecule has 2 unspecified atom stereocenters. The molecule has 0 bridgehead atoms. The molecule has 1 saturated carbocycles. The fraction of sp³-hybridized carbons (Fsp3) is 0.562. The van der Waals surface area contributed by atoms with Gasteiger partial charge < -0.3 is 15.8 Å². The first kappa shape index (κ1) is 14.7. The number of methoxy groups -OCH3 is 1. The second-order valence-electron chi connectivity index (χ2n) is 5.75. The summed E-state index contributed by atoms with van der Waals surface area (Å²) < 4.78 is 4.75. The molecule has 2 atom stereocenters. The number of nitrogens with one attached hydrogen (secondary N) is 1. The Hall–Kier alpha value is -1.71. The van der Waals surface area contributed by atoms with Gasteiger partial charge in [-0.15, -0.1) is 0 Å². The van der Waals surface area contributed by atoms with Gasteiger partial charge in [0.05, 0.1) is 12.7 Å². The summed E-state index contributed by atoms with van der Waals surface area (Å²) in [4.78, 5) is 11.6. The summed E-state index contributed by atoms with van der Waals surface area (Å²) in [6.07, 6.45) is 6.20. The average Bonchev–Trinajstić information content (AvgIpc) is 2.65. The molecular formula is C16H24N2O2. The predicted octanol–water partition coefficient (Wildman–Crippen LogP) is 3.44. The number of carbonyl (C=O) groups excluding carboxylic acids is 1. The van der Waals surface area contributed by atoms with Crippen LogP contribution in [-0.2, 0) is 4.74 Å². The van der Waals surface area contributed by atoms with E-state index in [0.29, 0.717) is 17.3 Å². The summed E-state index contributed by atoms with van der Waals surface area (Å²) in [5.41, 5.74) is 7.64. The van der Waals surface area contributed by atoms with Gasteiger partial charge in [-0.25, -0.2) is 4.79 Å². The van der Waals surface area contributed by atoms with Crippen LogP contribution in [0.3, 0.4) is 0 Å². The average molecular weight is 276 g/mol. The van der Waals surface area contributed by atoms with Gasteiger partial charge in [0.2, 0.25) is 0 Å². The van der Waals surface area contributed by atoms with Crippen LogP contribution in [0.5, 0.6) is 0 Å². The van der Waals surface area contributed by atoms with Crippen molar-refractivity contribution < 1.29 is 9.53 Å². The third-order valence-electron chi connectivity index (χ3n) is 4.09. The van der Waals surface area contributed by atoms with E-state index in [2.05, 4.69) is 12.2 Å². The minimum Gasteiger partial charge on any atom is -0.465 e. The van der Waals surface area contributed by atoms with Crippen molar-refractivity contribution in [2.45, 2.75) is 45.1 Å². The van der Waals surface area contributed by atoms with Crippen LogP contribution in [0.25, 0.3) is 0 Å². The Bertz CT molecular complexity index is 474. The standard InChI is InChI=1S/C16H24N2O2/c1-11-4-3-5-12(7-6-11)18-13-8-9-15(17)14(10-13)16(19)20-2/h8-12,18H,3-7,17H2,1-2H3. The molecule has 110 valence electrons. The fourth-order valence-corrected chi connectivity index (χ4v) is 2.80. The molecule has 1 aromatic rings. The maximum atomic E-state index is 11.6. The van der Waals surface area contributed by atoms with Crippen molar-refractivity contribution in [3.05, 3.63) is 23.8 Å². The lowest BCUT2D eigenvalue weighted by Crippen LogP contribution is -2.19. The van der Waals surface area contributed by atoms with Gasteiger partial charge in [0.25, 0.3) is 0 Å². The van der Waals surface area contributed by atoms with Gasteiger partial charge in [0.15, 0.2) is 0 Å². The maximum Gasteiger partial charge on any atom is 0.340 e. The van der Waals surface area contributed by atoms with Crippen molar-refractivity contribution in [1.29, 1.82) is 0 Å². The zero-order valence-corrected chi connectivity index (χ0v) is 12.3. The number of hydrogen-bond donors (Lipinski definition) is 2. The molecule has 4 heteroatoms. The first-order valence-electron chi connectivity index (χ1n) is 7.34. The van der Waals surface area contributed by atoms with Gasteiger partial charge in [-0.2, -0.15) is 0 Å². The highest BCUT2D eigenvalue weighted by molar-refractivity contribution is 5.96. The van der Waals surface area contributed by atoms with Crippen LogP contribution >= 0.6 is 0 Å². The smallest absolute Gasteiger partial charge is 0.340 e. The zero-order chi connectivity index (χ0) is 14.5. The molecule has 0 spiro atoms. The SMILES string of the molecule is COC(=O)c1cc(NC2CCCC(C)CC2)ccc1N. The molecule has 20 heavy (non-hydrogen) atoms. The number of nitrogen functional groups attached to an aromatic ring is 1. The first-order chi connectivity index (χ1) is 9.60. The van der Waals surface area contributed by atoms with Crippen molar-refractivity contribution in [3.63, 3.8) is 0 Å². The lowest BCUT2D eigenvalue weighted by atomic mass is 10.0. The summed E-state index contributed by atoms with van der Waals surface area (Å²) in [6.45, 7) is 2.32. The van der Waals surface area contributed by atoms with E-state index in [1.807, 2.05) is 6.07 Å². The molecule has 0 aromatic heterocycles. The van der Waals surface area contributed by atoms with Crippen LogP contribution in [0.15, 0.2) is 18.2 Å². The molecule has 0 heterocycles. The number of nitrogens with two attached hydrogens (primary N) is 1. The summed E-state index contributed by atoms with van der Waals surface area (Å²) in [6, 6.07) is 5.95. The molecule has 4 nitrogen and oxygen atoms in total. The lowest BCUT2D eigenvalue weighted by Gasteiger charge is -2.18. The van der Waals surface area contributed by atoms with E-state index in [1.165, 1.54) is 39.2 Å². The summed E-state index contributed by atoms with van der Waals surface area (Å²) in [7, 11) is 1.37. The zero-order valence-electron chi connectivity index (χ0n) is 12.3. The van der Waals surface area contributed by atoms with Crippen molar-refractivity contribution in [3.8, 4) is 0 Å². The second kappa shape index (κ2) is 6.64. The Labute approximate surface area is 120 Å². The molecule has 1 fully saturated rings.